The summed E-state index contributed by atoms with van der Waals surface area (Å²) in [6, 6.07) is 6.56. The van der Waals surface area contributed by atoms with Gasteiger partial charge in [-0.25, -0.2) is 0 Å². The highest BCUT2D eigenvalue weighted by molar-refractivity contribution is 6.30. The number of esters is 1. The average Bonchev–Trinajstić information content (AvgIpc) is 2.46. The molecule has 6 heteroatoms. The molecule has 0 bridgehead atoms. The summed E-state index contributed by atoms with van der Waals surface area (Å²) in [5.74, 6) is -0.701. The SMILES string of the molecule is COC(=O)CCN(C(=O)c1cccc(Cl)c1)C(C)(C)CO. The zero-order chi connectivity index (χ0) is 16.0. The van der Waals surface area contributed by atoms with Gasteiger partial charge in [0.05, 0.1) is 25.7 Å². The molecule has 5 nitrogen and oxygen atoms in total. The first kappa shape index (κ1) is 17.5. The second-order valence-corrected chi connectivity index (χ2v) is 5.70. The monoisotopic (exact) mass is 313 g/mol. The summed E-state index contributed by atoms with van der Waals surface area (Å²) in [6.07, 6.45) is 0.0617. The van der Waals surface area contributed by atoms with Crippen molar-refractivity contribution in [3.63, 3.8) is 0 Å². The van der Waals surface area contributed by atoms with E-state index in [-0.39, 0.29) is 25.5 Å². The summed E-state index contributed by atoms with van der Waals surface area (Å²) in [5.41, 5.74) is -0.387. The minimum atomic E-state index is -0.798. The van der Waals surface area contributed by atoms with E-state index in [4.69, 9.17) is 11.6 Å². The second-order valence-electron chi connectivity index (χ2n) is 5.26. The smallest absolute Gasteiger partial charge is 0.307 e. The number of hydrogen-bond donors (Lipinski definition) is 1. The second kappa shape index (κ2) is 7.43. The van der Waals surface area contributed by atoms with E-state index < -0.39 is 11.5 Å². The van der Waals surface area contributed by atoms with Crippen molar-refractivity contribution in [1.29, 1.82) is 0 Å². The lowest BCUT2D eigenvalue weighted by atomic mass is 10.0. The van der Waals surface area contributed by atoms with Gasteiger partial charge in [-0.05, 0) is 32.0 Å². The number of benzene rings is 1. The number of ether oxygens (including phenoxy) is 1. The van der Waals surface area contributed by atoms with Crippen LogP contribution in [-0.2, 0) is 9.53 Å². The molecule has 21 heavy (non-hydrogen) atoms. The van der Waals surface area contributed by atoms with Crippen LogP contribution in [0.2, 0.25) is 5.02 Å². The number of carbonyl (C=O) groups is 2. The number of methoxy groups -OCH3 is 1. The Hall–Kier alpha value is -1.59. The van der Waals surface area contributed by atoms with Gasteiger partial charge in [-0.3, -0.25) is 9.59 Å². The first-order chi connectivity index (χ1) is 9.81. The first-order valence-corrected chi connectivity index (χ1v) is 6.95. The predicted octanol–water partition coefficient (Wildman–Crippen LogP) is 2.12. The van der Waals surface area contributed by atoms with Crippen LogP contribution in [0.1, 0.15) is 30.6 Å². The number of aliphatic hydroxyl groups is 1. The van der Waals surface area contributed by atoms with Crippen molar-refractivity contribution in [2.45, 2.75) is 25.8 Å². The molecule has 0 fully saturated rings. The van der Waals surface area contributed by atoms with Crippen LogP contribution in [0.25, 0.3) is 0 Å². The molecule has 0 heterocycles. The molecule has 0 aromatic heterocycles. The van der Waals surface area contributed by atoms with Crippen LogP contribution in [0.4, 0.5) is 0 Å². The molecule has 0 aliphatic carbocycles. The van der Waals surface area contributed by atoms with Gasteiger partial charge < -0.3 is 14.7 Å². The fourth-order valence-electron chi connectivity index (χ4n) is 1.85. The molecule has 0 saturated carbocycles. The van der Waals surface area contributed by atoms with E-state index in [1.54, 1.807) is 38.1 Å². The molecule has 0 aliphatic heterocycles. The highest BCUT2D eigenvalue weighted by Gasteiger charge is 2.31. The van der Waals surface area contributed by atoms with Gasteiger partial charge in [-0.2, -0.15) is 0 Å². The largest absolute Gasteiger partial charge is 0.469 e. The molecule has 0 atom stereocenters. The van der Waals surface area contributed by atoms with E-state index in [9.17, 15) is 14.7 Å². The van der Waals surface area contributed by atoms with Gasteiger partial charge in [-0.1, -0.05) is 17.7 Å². The summed E-state index contributed by atoms with van der Waals surface area (Å²) in [7, 11) is 1.29. The summed E-state index contributed by atoms with van der Waals surface area (Å²) >= 11 is 5.90. The van der Waals surface area contributed by atoms with Gasteiger partial charge in [0.25, 0.3) is 5.91 Å². The Morgan fingerprint density at radius 1 is 1.38 bits per heavy atom. The van der Waals surface area contributed by atoms with Crippen molar-refractivity contribution < 1.29 is 19.4 Å². The van der Waals surface area contributed by atoms with Gasteiger partial charge in [0.2, 0.25) is 0 Å². The summed E-state index contributed by atoms with van der Waals surface area (Å²) < 4.78 is 4.59. The van der Waals surface area contributed by atoms with Crippen LogP contribution in [-0.4, -0.2) is 47.7 Å². The number of aliphatic hydroxyl groups excluding tert-OH is 1. The van der Waals surface area contributed by atoms with Crippen LogP contribution in [0.5, 0.6) is 0 Å². The predicted molar refractivity (Wildman–Crippen MR) is 80.3 cm³/mol. The molecule has 0 unspecified atom stereocenters. The average molecular weight is 314 g/mol. The fourth-order valence-corrected chi connectivity index (χ4v) is 2.04. The molecular formula is C15H20ClNO4. The van der Waals surface area contributed by atoms with Crippen LogP contribution < -0.4 is 0 Å². The zero-order valence-corrected chi connectivity index (χ0v) is 13.2. The quantitative estimate of drug-likeness (QED) is 0.817. The van der Waals surface area contributed by atoms with Crippen molar-refractivity contribution in [3.05, 3.63) is 34.9 Å². The molecule has 0 radical (unpaired) electrons. The maximum absolute atomic E-state index is 12.6. The van der Waals surface area contributed by atoms with Gasteiger partial charge in [-0.15, -0.1) is 0 Å². The van der Waals surface area contributed by atoms with Crippen LogP contribution in [0.3, 0.4) is 0 Å². The van der Waals surface area contributed by atoms with E-state index >= 15 is 0 Å². The van der Waals surface area contributed by atoms with E-state index in [1.807, 2.05) is 0 Å². The molecule has 1 amide bonds. The Bertz CT molecular complexity index is 516. The maximum atomic E-state index is 12.6. The Labute approximate surface area is 129 Å². The molecule has 0 aliphatic rings. The van der Waals surface area contributed by atoms with Crippen molar-refractivity contribution >= 4 is 23.5 Å². The van der Waals surface area contributed by atoms with Crippen LogP contribution in [0.15, 0.2) is 24.3 Å². The van der Waals surface area contributed by atoms with Gasteiger partial charge in [0.1, 0.15) is 0 Å². The summed E-state index contributed by atoms with van der Waals surface area (Å²) in [6.45, 7) is 3.39. The Morgan fingerprint density at radius 2 is 2.05 bits per heavy atom. The lowest BCUT2D eigenvalue weighted by Gasteiger charge is -2.37. The highest BCUT2D eigenvalue weighted by Crippen LogP contribution is 2.20. The molecule has 0 spiro atoms. The van der Waals surface area contributed by atoms with Gasteiger partial charge in [0, 0.05) is 17.1 Å². The van der Waals surface area contributed by atoms with E-state index in [0.29, 0.717) is 10.6 Å². The van der Waals surface area contributed by atoms with Gasteiger partial charge in [0.15, 0.2) is 0 Å². The lowest BCUT2D eigenvalue weighted by molar-refractivity contribution is -0.141. The zero-order valence-electron chi connectivity index (χ0n) is 12.4. The van der Waals surface area contributed by atoms with Crippen LogP contribution >= 0.6 is 11.6 Å². The number of halogens is 1. The normalized spacial score (nSPS) is 11.1. The van der Waals surface area contributed by atoms with Crippen molar-refractivity contribution in [3.8, 4) is 0 Å². The summed E-state index contributed by atoms with van der Waals surface area (Å²) in [4.78, 5) is 25.4. The summed E-state index contributed by atoms with van der Waals surface area (Å²) in [5, 5.41) is 9.96. The third-order valence-corrected chi connectivity index (χ3v) is 3.44. The van der Waals surface area contributed by atoms with Gasteiger partial charge >= 0.3 is 5.97 Å². The van der Waals surface area contributed by atoms with Crippen LogP contribution in [0, 0.1) is 0 Å². The number of hydrogen-bond acceptors (Lipinski definition) is 4. The van der Waals surface area contributed by atoms with Crippen molar-refractivity contribution in [2.24, 2.45) is 0 Å². The molecule has 1 aromatic rings. The van der Waals surface area contributed by atoms with E-state index in [1.165, 1.54) is 12.0 Å². The Morgan fingerprint density at radius 3 is 2.57 bits per heavy atom. The topological polar surface area (TPSA) is 66.8 Å². The Balaban J connectivity index is 3.00. The molecule has 116 valence electrons. The van der Waals surface area contributed by atoms with Crippen molar-refractivity contribution in [2.75, 3.05) is 20.3 Å². The lowest BCUT2D eigenvalue weighted by Crippen LogP contribution is -2.51. The number of rotatable bonds is 6. The number of amides is 1. The molecular weight excluding hydrogens is 294 g/mol. The first-order valence-electron chi connectivity index (χ1n) is 6.57. The molecule has 1 aromatic carbocycles. The standard InChI is InChI=1S/C15H20ClNO4/c1-15(2,10-18)17(8-7-13(19)21-3)14(20)11-5-4-6-12(16)9-11/h4-6,9,18H,7-8,10H2,1-3H3. The van der Waals surface area contributed by atoms with Crippen molar-refractivity contribution in [1.82, 2.24) is 4.90 Å². The Kier molecular flexibility index (Phi) is 6.18. The molecule has 1 rings (SSSR count). The molecule has 0 saturated heterocycles. The van der Waals surface area contributed by atoms with E-state index in [0.717, 1.165) is 0 Å². The third kappa shape index (κ3) is 4.72. The number of carbonyl (C=O) groups excluding carboxylic acids is 2. The minimum absolute atomic E-state index is 0.0617. The minimum Gasteiger partial charge on any atom is -0.469 e. The number of nitrogens with zero attached hydrogens (tertiary/aromatic N) is 1. The highest BCUT2D eigenvalue weighted by atomic mass is 35.5. The van der Waals surface area contributed by atoms with E-state index in [2.05, 4.69) is 4.74 Å². The third-order valence-electron chi connectivity index (χ3n) is 3.20. The maximum Gasteiger partial charge on any atom is 0.307 e. The molecule has 1 N–H and O–H groups in total. The fraction of sp³-hybridized carbons (Fsp3) is 0.467.